The lowest BCUT2D eigenvalue weighted by atomic mass is 9.95. The number of nitrogens with one attached hydrogen (secondary N) is 1. The summed E-state index contributed by atoms with van der Waals surface area (Å²) in [5, 5.41) is 16.0. The van der Waals surface area contributed by atoms with Gasteiger partial charge in [0.05, 0.1) is 18.2 Å². The lowest BCUT2D eigenvalue weighted by Crippen LogP contribution is -2.38. The minimum Gasteiger partial charge on any atom is -0.481 e. The van der Waals surface area contributed by atoms with Crippen molar-refractivity contribution >= 4 is 17.8 Å². The van der Waals surface area contributed by atoms with E-state index in [0.29, 0.717) is 5.56 Å². The number of hydrogen-bond acceptors (Lipinski definition) is 4. The van der Waals surface area contributed by atoms with E-state index in [-0.39, 0.29) is 43.4 Å². The molecular weight excluding hydrogens is 336 g/mol. The molecule has 0 bridgehead atoms. The van der Waals surface area contributed by atoms with E-state index in [0.717, 1.165) is 25.7 Å². The summed E-state index contributed by atoms with van der Waals surface area (Å²) < 4.78 is 1.45. The van der Waals surface area contributed by atoms with Crippen molar-refractivity contribution < 1.29 is 19.5 Å². The normalized spacial score (nSPS) is 15.0. The summed E-state index contributed by atoms with van der Waals surface area (Å²) in [5.41, 5.74) is 0.356. The first-order chi connectivity index (χ1) is 12.4. The van der Waals surface area contributed by atoms with E-state index in [1.807, 2.05) is 13.8 Å². The Morgan fingerprint density at radius 2 is 2.00 bits per heavy atom. The van der Waals surface area contributed by atoms with Crippen molar-refractivity contribution in [2.45, 2.75) is 71.0 Å². The monoisotopic (exact) mass is 364 g/mol. The molecule has 1 fully saturated rings. The van der Waals surface area contributed by atoms with Crippen molar-refractivity contribution in [1.29, 1.82) is 0 Å². The van der Waals surface area contributed by atoms with Crippen molar-refractivity contribution in [2.75, 3.05) is 6.54 Å². The summed E-state index contributed by atoms with van der Waals surface area (Å²) in [5.74, 6) is -1.33. The van der Waals surface area contributed by atoms with E-state index in [2.05, 4.69) is 10.4 Å². The lowest BCUT2D eigenvalue weighted by Gasteiger charge is -2.25. The summed E-state index contributed by atoms with van der Waals surface area (Å²) >= 11 is 0. The Bertz CT molecular complexity index is 635. The SMILES string of the molecule is CC(C)N(CCC(=O)O)C(=O)c1cnn(CC(=O)NC2CCCCC2)c1. The Morgan fingerprint density at radius 1 is 1.31 bits per heavy atom. The molecule has 2 rings (SSSR count). The Labute approximate surface area is 153 Å². The van der Waals surface area contributed by atoms with Gasteiger partial charge in [-0.25, -0.2) is 0 Å². The molecule has 8 heteroatoms. The third-order valence-corrected chi connectivity index (χ3v) is 4.61. The van der Waals surface area contributed by atoms with Crippen LogP contribution in [0.2, 0.25) is 0 Å². The third kappa shape index (κ3) is 5.86. The summed E-state index contributed by atoms with van der Waals surface area (Å²) in [6.07, 6.45) is 8.40. The van der Waals surface area contributed by atoms with Gasteiger partial charge in [0.1, 0.15) is 6.54 Å². The van der Waals surface area contributed by atoms with Gasteiger partial charge in [-0.05, 0) is 26.7 Å². The Hall–Kier alpha value is -2.38. The molecule has 0 aromatic carbocycles. The predicted molar refractivity (Wildman–Crippen MR) is 95.7 cm³/mol. The first kappa shape index (κ1) is 19.9. The molecule has 0 radical (unpaired) electrons. The molecular formula is C18H28N4O4. The van der Waals surface area contributed by atoms with E-state index in [1.165, 1.54) is 22.2 Å². The number of carboxylic acid groups (broad SMARTS) is 1. The third-order valence-electron chi connectivity index (χ3n) is 4.61. The highest BCUT2D eigenvalue weighted by Crippen LogP contribution is 2.17. The van der Waals surface area contributed by atoms with Crippen molar-refractivity contribution in [3.05, 3.63) is 18.0 Å². The number of amides is 2. The van der Waals surface area contributed by atoms with Gasteiger partial charge in [0.15, 0.2) is 0 Å². The first-order valence-corrected chi connectivity index (χ1v) is 9.21. The fourth-order valence-corrected chi connectivity index (χ4v) is 3.20. The molecule has 0 atom stereocenters. The predicted octanol–water partition coefficient (Wildman–Crippen LogP) is 1.66. The second-order valence-electron chi connectivity index (χ2n) is 7.07. The second kappa shape index (κ2) is 9.35. The van der Waals surface area contributed by atoms with E-state index in [1.54, 1.807) is 6.20 Å². The molecule has 0 spiro atoms. The Balaban J connectivity index is 1.93. The smallest absolute Gasteiger partial charge is 0.305 e. The molecule has 1 aromatic rings. The number of rotatable bonds is 8. The molecule has 1 aromatic heterocycles. The summed E-state index contributed by atoms with van der Waals surface area (Å²) in [6, 6.07) is 0.111. The highest BCUT2D eigenvalue weighted by atomic mass is 16.4. The molecule has 144 valence electrons. The van der Waals surface area contributed by atoms with Crippen LogP contribution in [-0.2, 0) is 16.1 Å². The van der Waals surface area contributed by atoms with Gasteiger partial charge in [-0.15, -0.1) is 0 Å². The topological polar surface area (TPSA) is 105 Å². The molecule has 0 aliphatic heterocycles. The van der Waals surface area contributed by atoms with Crippen LogP contribution in [0.3, 0.4) is 0 Å². The van der Waals surface area contributed by atoms with Crippen molar-refractivity contribution in [2.24, 2.45) is 0 Å². The van der Waals surface area contributed by atoms with Crippen LogP contribution in [0.1, 0.15) is 62.7 Å². The molecule has 1 heterocycles. The van der Waals surface area contributed by atoms with Crippen LogP contribution in [0.5, 0.6) is 0 Å². The molecule has 1 aliphatic carbocycles. The fourth-order valence-electron chi connectivity index (χ4n) is 3.20. The number of aromatic nitrogens is 2. The molecule has 1 aliphatic rings. The van der Waals surface area contributed by atoms with Crippen molar-refractivity contribution in [3.63, 3.8) is 0 Å². The van der Waals surface area contributed by atoms with Crippen LogP contribution in [-0.4, -0.2) is 56.2 Å². The van der Waals surface area contributed by atoms with Crippen LogP contribution >= 0.6 is 0 Å². The molecule has 8 nitrogen and oxygen atoms in total. The molecule has 2 amide bonds. The molecule has 2 N–H and O–H groups in total. The summed E-state index contributed by atoms with van der Waals surface area (Å²) in [6.45, 7) is 3.88. The fraction of sp³-hybridized carbons (Fsp3) is 0.667. The highest BCUT2D eigenvalue weighted by Gasteiger charge is 2.22. The Morgan fingerprint density at radius 3 is 2.62 bits per heavy atom. The van der Waals surface area contributed by atoms with Crippen LogP contribution in [0.15, 0.2) is 12.4 Å². The maximum absolute atomic E-state index is 12.6. The first-order valence-electron chi connectivity index (χ1n) is 9.21. The van der Waals surface area contributed by atoms with Crippen LogP contribution in [0, 0.1) is 0 Å². The van der Waals surface area contributed by atoms with Crippen LogP contribution in [0.4, 0.5) is 0 Å². The van der Waals surface area contributed by atoms with Gasteiger partial charge in [0.2, 0.25) is 5.91 Å². The van der Waals surface area contributed by atoms with Gasteiger partial charge >= 0.3 is 5.97 Å². The Kier molecular flexibility index (Phi) is 7.17. The number of hydrogen-bond donors (Lipinski definition) is 2. The van der Waals surface area contributed by atoms with Crippen LogP contribution in [0.25, 0.3) is 0 Å². The minimum atomic E-state index is -0.946. The zero-order valence-electron chi connectivity index (χ0n) is 15.5. The second-order valence-corrected chi connectivity index (χ2v) is 7.07. The average molecular weight is 364 g/mol. The molecule has 1 saturated carbocycles. The zero-order valence-corrected chi connectivity index (χ0v) is 15.5. The minimum absolute atomic E-state index is 0.0700. The van der Waals surface area contributed by atoms with Gasteiger partial charge in [-0.2, -0.15) is 5.10 Å². The number of carbonyl (C=O) groups excluding carboxylic acids is 2. The largest absolute Gasteiger partial charge is 0.481 e. The lowest BCUT2D eigenvalue weighted by molar-refractivity contribution is -0.137. The highest BCUT2D eigenvalue weighted by molar-refractivity contribution is 5.94. The quantitative estimate of drug-likeness (QED) is 0.730. The molecule has 0 saturated heterocycles. The van der Waals surface area contributed by atoms with Crippen molar-refractivity contribution in [3.8, 4) is 0 Å². The van der Waals surface area contributed by atoms with Gasteiger partial charge in [-0.1, -0.05) is 19.3 Å². The zero-order chi connectivity index (χ0) is 19.1. The summed E-state index contributed by atoms with van der Waals surface area (Å²) in [4.78, 5) is 37.0. The number of nitrogens with zero attached hydrogens (tertiary/aromatic N) is 3. The van der Waals surface area contributed by atoms with Crippen molar-refractivity contribution in [1.82, 2.24) is 20.0 Å². The van der Waals surface area contributed by atoms with Crippen LogP contribution < -0.4 is 5.32 Å². The number of aliphatic carboxylic acids is 1. The van der Waals surface area contributed by atoms with E-state index in [4.69, 9.17) is 5.11 Å². The standard InChI is InChI=1S/C18H28N4O4/c1-13(2)22(9-8-17(24)25)18(26)14-10-19-21(11-14)12-16(23)20-15-6-4-3-5-7-15/h10-11,13,15H,3-9,12H2,1-2H3,(H,20,23)(H,24,25). The average Bonchev–Trinajstić information content (AvgIpc) is 3.03. The van der Waals surface area contributed by atoms with Gasteiger partial charge in [0, 0.05) is 24.8 Å². The maximum atomic E-state index is 12.6. The van der Waals surface area contributed by atoms with Gasteiger partial charge < -0.3 is 15.3 Å². The maximum Gasteiger partial charge on any atom is 0.305 e. The number of carboxylic acids is 1. The van der Waals surface area contributed by atoms with E-state index in [9.17, 15) is 14.4 Å². The van der Waals surface area contributed by atoms with Gasteiger partial charge in [0.25, 0.3) is 5.91 Å². The van der Waals surface area contributed by atoms with E-state index < -0.39 is 5.97 Å². The molecule has 26 heavy (non-hydrogen) atoms. The summed E-state index contributed by atoms with van der Waals surface area (Å²) in [7, 11) is 0. The molecule has 0 unspecified atom stereocenters. The van der Waals surface area contributed by atoms with Gasteiger partial charge in [-0.3, -0.25) is 19.1 Å². The van der Waals surface area contributed by atoms with E-state index >= 15 is 0 Å². The number of carbonyl (C=O) groups is 3.